The van der Waals surface area contributed by atoms with Gasteiger partial charge in [0.05, 0.1) is 6.54 Å². The summed E-state index contributed by atoms with van der Waals surface area (Å²) in [5, 5.41) is 18.2. The zero-order valence-corrected chi connectivity index (χ0v) is 10.0. The molecule has 6 heteroatoms. The molecule has 2 heterocycles. The lowest BCUT2D eigenvalue weighted by molar-refractivity contribution is 0.0554. The van der Waals surface area contributed by atoms with Gasteiger partial charge in [-0.2, -0.15) is 0 Å². The van der Waals surface area contributed by atoms with E-state index >= 15 is 0 Å². The van der Waals surface area contributed by atoms with Crippen molar-refractivity contribution >= 4 is 17.2 Å². The van der Waals surface area contributed by atoms with E-state index in [0.717, 1.165) is 4.88 Å². The fourth-order valence-electron chi connectivity index (χ4n) is 1.34. The number of nitrogens with zero attached hydrogens (tertiary/aromatic N) is 1. The minimum Gasteiger partial charge on any atom is -0.383 e. The molecule has 0 spiro atoms. The molecule has 2 N–H and O–H groups in total. The van der Waals surface area contributed by atoms with Crippen LogP contribution in [0.5, 0.6) is 0 Å². The number of aromatic nitrogens is 1. The first kappa shape index (κ1) is 11.8. The van der Waals surface area contributed by atoms with Gasteiger partial charge in [0.25, 0.3) is 5.91 Å². The van der Waals surface area contributed by atoms with Crippen LogP contribution < -0.4 is 5.32 Å². The van der Waals surface area contributed by atoms with E-state index in [1.54, 1.807) is 6.92 Å². The minimum atomic E-state index is -1.08. The number of thiophene rings is 1. The van der Waals surface area contributed by atoms with Crippen LogP contribution in [0, 0.1) is 0 Å². The van der Waals surface area contributed by atoms with Crippen LogP contribution in [0.4, 0.5) is 0 Å². The molecule has 90 valence electrons. The standard InChI is InChI=1S/C11H12N2O3S/c1-11(15,9-3-2-6-17-9)7-12-10(14)8-4-5-16-13-8/h2-6,15H,7H2,1H3,(H,12,14). The number of carbonyl (C=O) groups is 1. The lowest BCUT2D eigenvalue weighted by Gasteiger charge is -2.21. The summed E-state index contributed by atoms with van der Waals surface area (Å²) in [5.74, 6) is -0.365. The molecular formula is C11H12N2O3S. The van der Waals surface area contributed by atoms with E-state index < -0.39 is 5.60 Å². The fourth-order valence-corrected chi connectivity index (χ4v) is 2.13. The van der Waals surface area contributed by atoms with Crippen molar-refractivity contribution in [2.24, 2.45) is 0 Å². The van der Waals surface area contributed by atoms with Crippen molar-refractivity contribution in [2.45, 2.75) is 12.5 Å². The van der Waals surface area contributed by atoms with Crippen molar-refractivity contribution < 1.29 is 14.4 Å². The van der Waals surface area contributed by atoms with Gasteiger partial charge in [0.1, 0.15) is 11.9 Å². The average Bonchev–Trinajstić information content (AvgIpc) is 2.97. The molecule has 17 heavy (non-hydrogen) atoms. The van der Waals surface area contributed by atoms with E-state index in [2.05, 4.69) is 15.0 Å². The molecule has 0 aliphatic rings. The molecule has 0 aromatic carbocycles. The monoisotopic (exact) mass is 252 g/mol. The Hall–Kier alpha value is -1.66. The lowest BCUT2D eigenvalue weighted by Crippen LogP contribution is -2.38. The highest BCUT2D eigenvalue weighted by Gasteiger charge is 2.25. The van der Waals surface area contributed by atoms with Gasteiger partial charge in [0.15, 0.2) is 5.69 Å². The largest absolute Gasteiger partial charge is 0.383 e. The van der Waals surface area contributed by atoms with Gasteiger partial charge in [-0.1, -0.05) is 11.2 Å². The molecule has 2 rings (SSSR count). The van der Waals surface area contributed by atoms with Gasteiger partial charge in [-0.25, -0.2) is 0 Å². The van der Waals surface area contributed by atoms with E-state index in [1.165, 1.54) is 23.7 Å². The Balaban J connectivity index is 1.96. The Morgan fingerprint density at radius 3 is 3.06 bits per heavy atom. The number of carbonyl (C=O) groups excluding carboxylic acids is 1. The summed E-state index contributed by atoms with van der Waals surface area (Å²) < 4.78 is 4.57. The quantitative estimate of drug-likeness (QED) is 0.861. The van der Waals surface area contributed by atoms with Crippen LogP contribution in [0.25, 0.3) is 0 Å². The highest BCUT2D eigenvalue weighted by molar-refractivity contribution is 7.10. The van der Waals surface area contributed by atoms with Crippen molar-refractivity contribution in [1.29, 1.82) is 0 Å². The van der Waals surface area contributed by atoms with E-state index in [1.807, 2.05) is 17.5 Å². The molecule has 0 fully saturated rings. The summed E-state index contributed by atoms with van der Waals surface area (Å²) in [4.78, 5) is 12.4. The maximum absolute atomic E-state index is 11.6. The third kappa shape index (κ3) is 2.72. The molecule has 2 aromatic heterocycles. The zero-order valence-electron chi connectivity index (χ0n) is 9.21. The highest BCUT2D eigenvalue weighted by atomic mass is 32.1. The summed E-state index contributed by atoms with van der Waals surface area (Å²) in [6.45, 7) is 1.78. The van der Waals surface area contributed by atoms with Crippen LogP contribution in [0.2, 0.25) is 0 Å². The van der Waals surface area contributed by atoms with Gasteiger partial charge in [-0.3, -0.25) is 4.79 Å². The Morgan fingerprint density at radius 2 is 2.47 bits per heavy atom. The fraction of sp³-hybridized carbons (Fsp3) is 0.273. The molecule has 0 saturated heterocycles. The maximum atomic E-state index is 11.6. The van der Waals surface area contributed by atoms with E-state index in [-0.39, 0.29) is 18.1 Å². The first-order valence-corrected chi connectivity index (χ1v) is 5.92. The predicted octanol–water partition coefficient (Wildman–Crippen LogP) is 1.37. The van der Waals surface area contributed by atoms with Gasteiger partial charge >= 0.3 is 0 Å². The summed E-state index contributed by atoms with van der Waals surface area (Å²) in [6, 6.07) is 5.15. The van der Waals surface area contributed by atoms with Crippen molar-refractivity contribution in [3.63, 3.8) is 0 Å². The number of aliphatic hydroxyl groups is 1. The second-order valence-electron chi connectivity index (χ2n) is 3.82. The molecule has 0 radical (unpaired) electrons. The Bertz CT molecular complexity index is 477. The summed E-state index contributed by atoms with van der Waals surface area (Å²) in [7, 11) is 0. The molecule has 0 aliphatic heterocycles. The smallest absolute Gasteiger partial charge is 0.273 e. The van der Waals surface area contributed by atoms with Crippen LogP contribution in [0.1, 0.15) is 22.3 Å². The number of hydrogen-bond donors (Lipinski definition) is 2. The van der Waals surface area contributed by atoms with E-state index in [0.29, 0.717) is 0 Å². The van der Waals surface area contributed by atoms with E-state index in [4.69, 9.17) is 0 Å². The van der Waals surface area contributed by atoms with Crippen molar-refractivity contribution in [2.75, 3.05) is 6.54 Å². The van der Waals surface area contributed by atoms with Gasteiger partial charge in [0, 0.05) is 10.9 Å². The summed E-state index contributed by atoms with van der Waals surface area (Å²) in [6.07, 6.45) is 1.33. The normalized spacial score (nSPS) is 14.2. The third-order valence-corrected chi connectivity index (χ3v) is 3.44. The predicted molar refractivity (Wildman–Crippen MR) is 62.7 cm³/mol. The number of hydrogen-bond acceptors (Lipinski definition) is 5. The molecular weight excluding hydrogens is 240 g/mol. The first-order chi connectivity index (χ1) is 8.09. The summed E-state index contributed by atoms with van der Waals surface area (Å²) in [5.41, 5.74) is -0.875. The molecule has 0 saturated carbocycles. The summed E-state index contributed by atoms with van der Waals surface area (Å²) >= 11 is 1.44. The molecule has 5 nitrogen and oxygen atoms in total. The first-order valence-electron chi connectivity index (χ1n) is 5.04. The Morgan fingerprint density at radius 1 is 1.65 bits per heavy atom. The van der Waals surface area contributed by atoms with Crippen molar-refractivity contribution in [3.05, 3.63) is 40.4 Å². The average molecular weight is 252 g/mol. The highest BCUT2D eigenvalue weighted by Crippen LogP contribution is 2.24. The van der Waals surface area contributed by atoms with Gasteiger partial charge in [0.2, 0.25) is 0 Å². The second kappa shape index (κ2) is 4.68. The molecule has 1 atom stereocenters. The number of rotatable bonds is 4. The van der Waals surface area contributed by atoms with E-state index in [9.17, 15) is 9.90 Å². The maximum Gasteiger partial charge on any atom is 0.273 e. The molecule has 1 unspecified atom stereocenters. The molecule has 0 bridgehead atoms. The lowest BCUT2D eigenvalue weighted by atomic mass is 10.1. The number of nitrogens with one attached hydrogen (secondary N) is 1. The minimum absolute atomic E-state index is 0.124. The van der Waals surface area contributed by atoms with Crippen LogP contribution in [-0.2, 0) is 5.60 Å². The van der Waals surface area contributed by atoms with Crippen LogP contribution >= 0.6 is 11.3 Å². The SMILES string of the molecule is CC(O)(CNC(=O)c1ccon1)c1cccs1. The zero-order chi connectivity index (χ0) is 12.3. The second-order valence-corrected chi connectivity index (χ2v) is 4.77. The Labute approximate surface area is 102 Å². The van der Waals surface area contributed by atoms with Crippen molar-refractivity contribution in [3.8, 4) is 0 Å². The molecule has 2 aromatic rings. The van der Waals surface area contributed by atoms with Gasteiger partial charge < -0.3 is 14.9 Å². The van der Waals surface area contributed by atoms with Gasteiger partial charge in [-0.05, 0) is 18.4 Å². The van der Waals surface area contributed by atoms with Gasteiger partial charge in [-0.15, -0.1) is 11.3 Å². The molecule has 0 aliphatic carbocycles. The molecule has 1 amide bonds. The van der Waals surface area contributed by atoms with Crippen LogP contribution in [0.3, 0.4) is 0 Å². The van der Waals surface area contributed by atoms with Crippen molar-refractivity contribution in [1.82, 2.24) is 10.5 Å². The third-order valence-electron chi connectivity index (χ3n) is 2.32. The topological polar surface area (TPSA) is 75.4 Å². The Kier molecular flexibility index (Phi) is 3.26. The van der Waals surface area contributed by atoms with Crippen LogP contribution in [-0.4, -0.2) is 22.7 Å². The van der Waals surface area contributed by atoms with Crippen LogP contribution in [0.15, 0.2) is 34.4 Å². The number of amides is 1.